The molecule has 2 N–H and O–H groups in total. The Hall–Kier alpha value is -3.12. The average molecular weight is 394 g/mol. The van der Waals surface area contributed by atoms with E-state index >= 15 is 0 Å². The monoisotopic (exact) mass is 394 g/mol. The van der Waals surface area contributed by atoms with Crippen molar-refractivity contribution in [2.45, 2.75) is 16.3 Å². The molecule has 0 bridgehead atoms. The summed E-state index contributed by atoms with van der Waals surface area (Å²) in [7, 11) is 0. The zero-order chi connectivity index (χ0) is 19.5. The summed E-state index contributed by atoms with van der Waals surface area (Å²) in [5.74, 6) is -3.05. The zero-order valence-electron chi connectivity index (χ0n) is 14.7. The van der Waals surface area contributed by atoms with Crippen LogP contribution in [0.15, 0.2) is 82.7 Å². The maximum Gasteiger partial charge on any atom is 0.202 e. The van der Waals surface area contributed by atoms with E-state index in [4.69, 9.17) is 0 Å². The minimum absolute atomic E-state index is 0.147. The van der Waals surface area contributed by atoms with Gasteiger partial charge in [0.2, 0.25) is 5.82 Å². The molecule has 28 heavy (non-hydrogen) atoms. The Balaban J connectivity index is 1.56. The fourth-order valence-electron chi connectivity index (χ4n) is 2.86. The number of aromatic hydroxyl groups is 1. The second-order valence-electron chi connectivity index (χ2n) is 6.18. The van der Waals surface area contributed by atoms with E-state index in [0.29, 0.717) is 6.54 Å². The third-order valence-corrected chi connectivity index (χ3v) is 5.42. The van der Waals surface area contributed by atoms with Crippen LogP contribution in [0.25, 0.3) is 10.9 Å². The van der Waals surface area contributed by atoms with Crippen LogP contribution in [0.1, 0.15) is 5.56 Å². The first-order valence-electron chi connectivity index (χ1n) is 8.63. The number of phenols is 1. The molecule has 3 nitrogen and oxygen atoms in total. The summed E-state index contributed by atoms with van der Waals surface area (Å²) in [5.41, 5.74) is 2.04. The lowest BCUT2D eigenvalue weighted by atomic mass is 10.2. The molecule has 6 heteroatoms. The lowest BCUT2D eigenvalue weighted by Crippen LogP contribution is -2.02. The van der Waals surface area contributed by atoms with Crippen molar-refractivity contribution in [3.63, 3.8) is 0 Å². The van der Waals surface area contributed by atoms with Crippen molar-refractivity contribution in [3.8, 4) is 5.75 Å². The molecule has 0 aliphatic heterocycles. The quantitative estimate of drug-likeness (QED) is 0.409. The number of hydrogen-bond donors (Lipinski definition) is 2. The molecule has 0 aliphatic rings. The second-order valence-corrected chi connectivity index (χ2v) is 7.29. The maximum absolute atomic E-state index is 13.5. The van der Waals surface area contributed by atoms with E-state index < -0.39 is 17.4 Å². The van der Waals surface area contributed by atoms with Crippen LogP contribution in [-0.2, 0) is 6.54 Å². The van der Waals surface area contributed by atoms with Crippen LogP contribution in [0.5, 0.6) is 5.75 Å². The molecule has 0 spiro atoms. The molecular weight excluding hydrogens is 378 g/mol. The van der Waals surface area contributed by atoms with Gasteiger partial charge in [-0.3, -0.25) is 4.98 Å². The summed E-state index contributed by atoms with van der Waals surface area (Å²) in [4.78, 5) is 6.46. The highest BCUT2D eigenvalue weighted by Gasteiger charge is 2.13. The van der Waals surface area contributed by atoms with Crippen molar-refractivity contribution in [3.05, 3.63) is 90.1 Å². The zero-order valence-corrected chi connectivity index (χ0v) is 15.5. The summed E-state index contributed by atoms with van der Waals surface area (Å²) >= 11 is 1.60. The first-order valence-corrected chi connectivity index (χ1v) is 9.45. The number of nitrogens with zero attached hydrogens (tertiary/aromatic N) is 1. The van der Waals surface area contributed by atoms with Gasteiger partial charge >= 0.3 is 0 Å². The number of hydrogen-bond acceptors (Lipinski definition) is 4. The van der Waals surface area contributed by atoms with Crippen molar-refractivity contribution in [2.24, 2.45) is 0 Å². The molecule has 4 rings (SSSR count). The van der Waals surface area contributed by atoms with Gasteiger partial charge in [0.25, 0.3) is 0 Å². The number of pyridine rings is 1. The molecule has 0 unspecified atom stereocenters. The van der Waals surface area contributed by atoms with Crippen molar-refractivity contribution >= 4 is 28.4 Å². The summed E-state index contributed by atoms with van der Waals surface area (Å²) in [6.07, 6.45) is 1.77. The first-order chi connectivity index (χ1) is 13.6. The van der Waals surface area contributed by atoms with Gasteiger partial charge in [-0.25, -0.2) is 4.39 Å². The van der Waals surface area contributed by atoms with E-state index in [1.54, 1.807) is 18.0 Å². The summed E-state index contributed by atoms with van der Waals surface area (Å²) in [6.45, 7) is 0.355. The van der Waals surface area contributed by atoms with Gasteiger partial charge in [0.1, 0.15) is 0 Å². The van der Waals surface area contributed by atoms with E-state index in [2.05, 4.69) is 10.3 Å². The predicted molar refractivity (Wildman–Crippen MR) is 108 cm³/mol. The highest BCUT2D eigenvalue weighted by atomic mass is 32.2. The number of phenolic OH excluding ortho intramolecular Hbond substituents is 1. The highest BCUT2D eigenvalue weighted by Crippen LogP contribution is 2.33. The van der Waals surface area contributed by atoms with Crippen LogP contribution in [0.4, 0.5) is 14.5 Å². The molecule has 0 amide bonds. The van der Waals surface area contributed by atoms with Gasteiger partial charge in [-0.15, -0.1) is 0 Å². The Bertz CT molecular complexity index is 1150. The normalized spacial score (nSPS) is 10.9. The van der Waals surface area contributed by atoms with Gasteiger partial charge in [-0.2, -0.15) is 4.39 Å². The predicted octanol–water partition coefficient (Wildman–Crippen LogP) is 5.98. The Labute approximate surface area is 165 Å². The molecule has 0 saturated heterocycles. The third kappa shape index (κ3) is 3.77. The van der Waals surface area contributed by atoms with Gasteiger partial charge in [-0.1, -0.05) is 42.1 Å². The lowest BCUT2D eigenvalue weighted by molar-refractivity contribution is 0.409. The van der Waals surface area contributed by atoms with E-state index in [0.717, 1.165) is 32.3 Å². The average Bonchev–Trinajstić information content (AvgIpc) is 2.72. The molecule has 0 atom stereocenters. The van der Waals surface area contributed by atoms with E-state index in [9.17, 15) is 13.9 Å². The largest absolute Gasteiger partial charge is 0.503 e. The van der Waals surface area contributed by atoms with Gasteiger partial charge in [0, 0.05) is 27.9 Å². The van der Waals surface area contributed by atoms with Gasteiger partial charge in [0.15, 0.2) is 11.6 Å². The summed E-state index contributed by atoms with van der Waals surface area (Å²) in [5, 5.41) is 13.8. The fourth-order valence-corrected chi connectivity index (χ4v) is 3.84. The van der Waals surface area contributed by atoms with Crippen LogP contribution in [0.3, 0.4) is 0 Å². The maximum atomic E-state index is 13.5. The van der Waals surface area contributed by atoms with E-state index in [1.165, 1.54) is 6.07 Å². The smallest absolute Gasteiger partial charge is 0.202 e. The Morgan fingerprint density at radius 1 is 0.964 bits per heavy atom. The fraction of sp³-hybridized carbons (Fsp3) is 0.0455. The molecule has 1 heterocycles. The van der Waals surface area contributed by atoms with Crippen LogP contribution < -0.4 is 5.32 Å². The molecule has 1 aromatic heterocycles. The minimum Gasteiger partial charge on any atom is -0.503 e. The standard InChI is InChI=1S/C22H16F2N2OS/c23-17-9-10-18(22(27)21(17)24)26-13-15-4-1-2-6-20(15)28-16-8-7-14-5-3-11-25-19(14)12-16/h1-12,26-27H,13H2. The SMILES string of the molecule is Oc1c(NCc2ccccc2Sc2ccc3cccnc3c2)ccc(F)c1F. The van der Waals surface area contributed by atoms with Crippen molar-refractivity contribution < 1.29 is 13.9 Å². The number of fused-ring (bicyclic) bond motifs is 1. The summed E-state index contributed by atoms with van der Waals surface area (Å²) in [6, 6.07) is 20.1. The Kier molecular flexibility index (Phi) is 5.12. The minimum atomic E-state index is -1.25. The molecule has 0 saturated carbocycles. The van der Waals surface area contributed by atoms with Crippen LogP contribution in [0, 0.1) is 11.6 Å². The molecule has 0 radical (unpaired) electrons. The van der Waals surface area contributed by atoms with Crippen molar-refractivity contribution in [1.29, 1.82) is 0 Å². The molecule has 140 valence electrons. The Morgan fingerprint density at radius 3 is 2.71 bits per heavy atom. The van der Waals surface area contributed by atoms with Gasteiger partial charge in [0.05, 0.1) is 11.2 Å². The van der Waals surface area contributed by atoms with Crippen molar-refractivity contribution in [2.75, 3.05) is 5.32 Å². The molecule has 0 aliphatic carbocycles. The summed E-state index contributed by atoms with van der Waals surface area (Å²) < 4.78 is 26.7. The number of anilines is 1. The highest BCUT2D eigenvalue weighted by molar-refractivity contribution is 7.99. The van der Waals surface area contributed by atoms with Crippen LogP contribution >= 0.6 is 11.8 Å². The van der Waals surface area contributed by atoms with E-state index in [-0.39, 0.29) is 5.69 Å². The Morgan fingerprint density at radius 2 is 1.82 bits per heavy atom. The number of halogens is 2. The van der Waals surface area contributed by atoms with E-state index in [1.807, 2.05) is 54.6 Å². The molecule has 0 fully saturated rings. The number of rotatable bonds is 5. The number of benzene rings is 3. The van der Waals surface area contributed by atoms with Crippen LogP contribution in [0.2, 0.25) is 0 Å². The molecule has 4 aromatic rings. The van der Waals surface area contributed by atoms with Crippen LogP contribution in [-0.4, -0.2) is 10.1 Å². The van der Waals surface area contributed by atoms with Crippen molar-refractivity contribution in [1.82, 2.24) is 4.98 Å². The van der Waals surface area contributed by atoms with Gasteiger partial charge < -0.3 is 10.4 Å². The number of nitrogens with one attached hydrogen (secondary N) is 1. The first kappa shape index (κ1) is 18.3. The lowest BCUT2D eigenvalue weighted by Gasteiger charge is -2.13. The number of aromatic nitrogens is 1. The molecule has 3 aromatic carbocycles. The second kappa shape index (κ2) is 7.86. The topological polar surface area (TPSA) is 45.1 Å². The molecular formula is C22H16F2N2OS. The van der Waals surface area contributed by atoms with Gasteiger partial charge in [-0.05, 0) is 42.0 Å². The third-order valence-electron chi connectivity index (χ3n) is 4.32.